The smallest absolute Gasteiger partial charge is 0.309 e. The first kappa shape index (κ1) is 12.3. The third-order valence-electron chi connectivity index (χ3n) is 7.52. The lowest BCUT2D eigenvalue weighted by atomic mass is 9.39. The van der Waals surface area contributed by atoms with Crippen LogP contribution in [0.15, 0.2) is 30.3 Å². The molecule has 1 spiro atoms. The first-order valence-electron chi connectivity index (χ1n) is 8.38. The van der Waals surface area contributed by atoms with E-state index in [2.05, 4.69) is 30.3 Å². The van der Waals surface area contributed by atoms with Crippen LogP contribution in [0.4, 0.5) is 0 Å². The van der Waals surface area contributed by atoms with Crippen molar-refractivity contribution in [3.63, 3.8) is 0 Å². The largest absolute Gasteiger partial charge is 0.481 e. The van der Waals surface area contributed by atoms with Crippen LogP contribution in [-0.2, 0) is 10.2 Å². The van der Waals surface area contributed by atoms with Gasteiger partial charge >= 0.3 is 5.97 Å². The topological polar surface area (TPSA) is 37.3 Å². The second-order valence-corrected chi connectivity index (χ2v) is 8.35. The lowest BCUT2D eigenvalue weighted by Gasteiger charge is -2.64. The van der Waals surface area contributed by atoms with Gasteiger partial charge in [0.05, 0.1) is 5.41 Å². The maximum atomic E-state index is 12.1. The van der Waals surface area contributed by atoms with Gasteiger partial charge in [-0.25, -0.2) is 0 Å². The summed E-state index contributed by atoms with van der Waals surface area (Å²) in [6, 6.07) is 10.8. The fraction of sp³-hybridized carbons (Fsp3) is 0.632. The monoisotopic (exact) mass is 282 g/mol. The molecular formula is C19H22O2. The van der Waals surface area contributed by atoms with E-state index in [1.54, 1.807) is 0 Å². The van der Waals surface area contributed by atoms with E-state index in [1.165, 1.54) is 31.2 Å². The van der Waals surface area contributed by atoms with Gasteiger partial charge < -0.3 is 5.11 Å². The van der Waals surface area contributed by atoms with Crippen LogP contribution in [0.2, 0.25) is 0 Å². The van der Waals surface area contributed by atoms with E-state index < -0.39 is 11.4 Å². The molecule has 2 heteroatoms. The summed E-state index contributed by atoms with van der Waals surface area (Å²) in [7, 11) is 0. The number of carboxylic acids is 1. The van der Waals surface area contributed by atoms with Crippen LogP contribution in [0.3, 0.4) is 0 Å². The lowest BCUT2D eigenvalue weighted by molar-refractivity contribution is -0.177. The molecule has 0 heterocycles. The Hall–Kier alpha value is -1.31. The summed E-state index contributed by atoms with van der Waals surface area (Å²) in [6.45, 7) is 0. The van der Waals surface area contributed by atoms with E-state index in [1.807, 2.05) is 0 Å². The number of aliphatic carboxylic acids is 1. The van der Waals surface area contributed by atoms with Gasteiger partial charge in [-0.1, -0.05) is 30.3 Å². The first-order valence-corrected chi connectivity index (χ1v) is 8.38. The summed E-state index contributed by atoms with van der Waals surface area (Å²) in [4.78, 5) is 12.1. The molecule has 110 valence electrons. The molecule has 1 aromatic rings. The third-order valence-corrected chi connectivity index (χ3v) is 7.52. The number of carboxylic acid groups (broad SMARTS) is 1. The Morgan fingerprint density at radius 2 is 1.62 bits per heavy atom. The number of rotatable bonds is 2. The van der Waals surface area contributed by atoms with Crippen LogP contribution in [-0.4, -0.2) is 11.1 Å². The summed E-state index contributed by atoms with van der Waals surface area (Å²) in [5, 5.41) is 9.93. The van der Waals surface area contributed by atoms with Crippen LogP contribution < -0.4 is 0 Å². The zero-order valence-corrected chi connectivity index (χ0v) is 12.3. The van der Waals surface area contributed by atoms with E-state index >= 15 is 0 Å². The zero-order chi connectivity index (χ0) is 14.3. The van der Waals surface area contributed by atoms with Gasteiger partial charge in [-0.15, -0.1) is 0 Å². The van der Waals surface area contributed by atoms with Crippen molar-refractivity contribution in [3.05, 3.63) is 35.9 Å². The molecule has 5 aliphatic rings. The summed E-state index contributed by atoms with van der Waals surface area (Å²) in [5.41, 5.74) is 1.69. The maximum Gasteiger partial charge on any atom is 0.309 e. The van der Waals surface area contributed by atoms with E-state index in [0.717, 1.165) is 19.3 Å². The van der Waals surface area contributed by atoms with Gasteiger partial charge in [0.25, 0.3) is 0 Å². The first-order chi connectivity index (χ1) is 10.1. The van der Waals surface area contributed by atoms with E-state index in [4.69, 9.17) is 0 Å². The molecule has 0 saturated heterocycles. The number of hydrogen-bond acceptors (Lipinski definition) is 1. The van der Waals surface area contributed by atoms with Crippen molar-refractivity contribution in [2.75, 3.05) is 0 Å². The molecule has 1 N–H and O–H groups in total. The van der Waals surface area contributed by atoms with E-state index in [0.29, 0.717) is 17.3 Å². The SMILES string of the molecule is O=C(O)C12CC3CC(c4ccccc4)(CC(C1)C31CC1)C2. The Morgan fingerprint density at radius 3 is 2.14 bits per heavy atom. The molecule has 1 aromatic carbocycles. The molecule has 5 aliphatic carbocycles. The van der Waals surface area contributed by atoms with Gasteiger partial charge in [0, 0.05) is 0 Å². The highest BCUT2D eigenvalue weighted by atomic mass is 16.4. The number of carbonyl (C=O) groups is 1. The second-order valence-electron chi connectivity index (χ2n) is 8.35. The molecular weight excluding hydrogens is 260 g/mol. The van der Waals surface area contributed by atoms with E-state index in [9.17, 15) is 9.90 Å². The quantitative estimate of drug-likeness (QED) is 0.890. The second kappa shape index (κ2) is 3.53. The predicted molar refractivity (Wildman–Crippen MR) is 79.9 cm³/mol. The van der Waals surface area contributed by atoms with Crippen molar-refractivity contribution >= 4 is 5.97 Å². The molecule has 0 radical (unpaired) electrons. The van der Waals surface area contributed by atoms with Crippen LogP contribution in [0.5, 0.6) is 0 Å². The summed E-state index contributed by atoms with van der Waals surface area (Å²) in [5.74, 6) is 0.804. The van der Waals surface area contributed by atoms with Crippen LogP contribution in [0, 0.1) is 22.7 Å². The van der Waals surface area contributed by atoms with Gasteiger partial charge in [0.1, 0.15) is 0 Å². The lowest BCUT2D eigenvalue weighted by Crippen LogP contribution is -2.60. The average Bonchev–Trinajstić information content (AvgIpc) is 3.27. The van der Waals surface area contributed by atoms with Crippen molar-refractivity contribution < 1.29 is 9.90 Å². The molecule has 5 saturated carbocycles. The molecule has 2 nitrogen and oxygen atoms in total. The minimum Gasteiger partial charge on any atom is -0.481 e. The highest BCUT2D eigenvalue weighted by molar-refractivity contribution is 5.76. The minimum absolute atomic E-state index is 0.152. The van der Waals surface area contributed by atoms with Gasteiger partial charge in [0.15, 0.2) is 0 Å². The van der Waals surface area contributed by atoms with Crippen molar-refractivity contribution in [2.45, 2.75) is 50.4 Å². The fourth-order valence-electron chi connectivity index (χ4n) is 6.62. The Bertz CT molecular complexity index is 596. The van der Waals surface area contributed by atoms with Gasteiger partial charge in [0.2, 0.25) is 0 Å². The Balaban J connectivity index is 1.65. The normalized spacial score (nSPS) is 45.0. The molecule has 4 bridgehead atoms. The Labute approximate surface area is 125 Å². The van der Waals surface area contributed by atoms with Crippen molar-refractivity contribution in [1.29, 1.82) is 0 Å². The summed E-state index contributed by atoms with van der Waals surface area (Å²) >= 11 is 0. The van der Waals surface area contributed by atoms with Crippen molar-refractivity contribution in [3.8, 4) is 0 Å². The van der Waals surface area contributed by atoms with E-state index in [-0.39, 0.29) is 5.41 Å². The number of benzene rings is 1. The highest BCUT2D eigenvalue weighted by Gasteiger charge is 2.71. The zero-order valence-electron chi connectivity index (χ0n) is 12.3. The summed E-state index contributed by atoms with van der Waals surface area (Å²) in [6.07, 6.45) is 7.99. The molecule has 0 aliphatic heterocycles. The molecule has 2 atom stereocenters. The Morgan fingerprint density at radius 1 is 1.00 bits per heavy atom. The molecule has 0 aromatic heterocycles. The van der Waals surface area contributed by atoms with Crippen molar-refractivity contribution in [1.82, 2.24) is 0 Å². The standard InChI is InChI=1S/C19H22O2/c20-16(21)18-10-14-8-17(12-18,13-4-2-1-3-5-13)9-15(11-18)19(14)6-7-19/h1-5,14-15H,6-12H2,(H,20,21). The molecule has 21 heavy (non-hydrogen) atoms. The van der Waals surface area contributed by atoms with Gasteiger partial charge in [-0.3, -0.25) is 4.79 Å². The highest BCUT2D eigenvalue weighted by Crippen LogP contribution is 2.77. The van der Waals surface area contributed by atoms with Crippen LogP contribution >= 0.6 is 0 Å². The maximum absolute atomic E-state index is 12.1. The predicted octanol–water partition coefficient (Wildman–Crippen LogP) is 4.00. The third kappa shape index (κ3) is 1.37. The summed E-state index contributed by atoms with van der Waals surface area (Å²) < 4.78 is 0. The average molecular weight is 282 g/mol. The fourth-order valence-corrected chi connectivity index (χ4v) is 6.62. The molecule has 0 amide bonds. The van der Waals surface area contributed by atoms with Gasteiger partial charge in [-0.05, 0) is 73.2 Å². The molecule has 5 fully saturated rings. The molecule has 2 unspecified atom stereocenters. The molecule has 6 rings (SSSR count). The van der Waals surface area contributed by atoms with Crippen LogP contribution in [0.1, 0.15) is 50.5 Å². The number of hydrogen-bond donors (Lipinski definition) is 1. The Kier molecular flexibility index (Phi) is 2.06. The van der Waals surface area contributed by atoms with Gasteiger partial charge in [-0.2, -0.15) is 0 Å². The van der Waals surface area contributed by atoms with Crippen LogP contribution in [0.25, 0.3) is 0 Å². The minimum atomic E-state index is -0.521. The van der Waals surface area contributed by atoms with Crippen molar-refractivity contribution in [2.24, 2.45) is 22.7 Å².